The number of aryl methyl sites for hydroxylation is 1. The van der Waals surface area contributed by atoms with Crippen LogP contribution in [0.5, 0.6) is 0 Å². The van der Waals surface area contributed by atoms with Gasteiger partial charge in [0.1, 0.15) is 0 Å². The zero-order valence-corrected chi connectivity index (χ0v) is 10.4. The third-order valence-electron chi connectivity index (χ3n) is 2.02. The first-order valence-electron chi connectivity index (χ1n) is 5.66. The van der Waals surface area contributed by atoms with Crippen molar-refractivity contribution in [1.82, 2.24) is 5.32 Å². The predicted molar refractivity (Wildman–Crippen MR) is 69.7 cm³/mol. The van der Waals surface area contributed by atoms with Crippen LogP contribution in [-0.4, -0.2) is 20.0 Å². The molecule has 0 unspecified atom stereocenters. The van der Waals surface area contributed by atoms with Gasteiger partial charge in [-0.15, -0.1) is 0 Å². The molecule has 1 amide bonds. The number of hydrogen-bond acceptors (Lipinski definition) is 2. The van der Waals surface area contributed by atoms with Crippen LogP contribution < -0.4 is 10.6 Å². The summed E-state index contributed by atoms with van der Waals surface area (Å²) in [6, 6.07) is 7.65. The standard InChI is InChI=1S/C8H9NO.C5H13N/c1-7-3-2-4-8(5-7)9-6-10;1-3-4-5-6-2/h2-6H,1H3,(H,9,10);6H,3-5H2,1-2H3. The molecule has 1 aromatic carbocycles. The van der Waals surface area contributed by atoms with E-state index in [1.54, 1.807) is 0 Å². The van der Waals surface area contributed by atoms with Crippen molar-refractivity contribution in [3.8, 4) is 0 Å². The van der Waals surface area contributed by atoms with Crippen molar-refractivity contribution < 1.29 is 4.79 Å². The third kappa shape index (κ3) is 8.00. The topological polar surface area (TPSA) is 41.1 Å². The van der Waals surface area contributed by atoms with Crippen LogP contribution >= 0.6 is 0 Å². The van der Waals surface area contributed by atoms with Gasteiger partial charge in [0.25, 0.3) is 0 Å². The lowest BCUT2D eigenvalue weighted by molar-refractivity contribution is -0.105. The molecule has 0 aliphatic carbocycles. The average Bonchev–Trinajstić information content (AvgIpc) is 2.28. The molecule has 0 aliphatic rings. The van der Waals surface area contributed by atoms with Crippen molar-refractivity contribution in [3.05, 3.63) is 29.8 Å². The highest BCUT2D eigenvalue weighted by atomic mass is 16.1. The lowest BCUT2D eigenvalue weighted by atomic mass is 10.2. The Bertz CT molecular complexity index is 283. The molecule has 0 heterocycles. The van der Waals surface area contributed by atoms with Crippen molar-refractivity contribution in [3.63, 3.8) is 0 Å². The first-order valence-corrected chi connectivity index (χ1v) is 5.66. The van der Waals surface area contributed by atoms with E-state index in [2.05, 4.69) is 17.6 Å². The summed E-state index contributed by atoms with van der Waals surface area (Å²) in [4.78, 5) is 9.97. The zero-order valence-electron chi connectivity index (χ0n) is 10.4. The van der Waals surface area contributed by atoms with E-state index in [1.807, 2.05) is 38.2 Å². The molecule has 0 radical (unpaired) electrons. The maximum Gasteiger partial charge on any atom is 0.211 e. The highest BCUT2D eigenvalue weighted by Crippen LogP contribution is 2.07. The summed E-state index contributed by atoms with van der Waals surface area (Å²) in [6.07, 6.45) is 3.27. The summed E-state index contributed by atoms with van der Waals surface area (Å²) in [5.74, 6) is 0. The molecule has 1 aromatic rings. The van der Waals surface area contributed by atoms with Crippen molar-refractivity contribution >= 4 is 12.1 Å². The molecule has 90 valence electrons. The van der Waals surface area contributed by atoms with Crippen molar-refractivity contribution in [2.45, 2.75) is 26.7 Å². The molecule has 16 heavy (non-hydrogen) atoms. The highest BCUT2D eigenvalue weighted by Gasteiger charge is 1.87. The minimum atomic E-state index is 0.675. The van der Waals surface area contributed by atoms with Crippen LogP contribution in [-0.2, 0) is 4.79 Å². The fourth-order valence-electron chi connectivity index (χ4n) is 1.16. The van der Waals surface area contributed by atoms with Crippen LogP contribution in [0.15, 0.2) is 24.3 Å². The van der Waals surface area contributed by atoms with E-state index < -0.39 is 0 Å². The zero-order chi connectivity index (χ0) is 12.2. The Hall–Kier alpha value is -1.35. The molecule has 2 N–H and O–H groups in total. The molecule has 3 nitrogen and oxygen atoms in total. The summed E-state index contributed by atoms with van der Waals surface area (Å²) in [6.45, 7) is 5.34. The van der Waals surface area contributed by atoms with Gasteiger partial charge < -0.3 is 10.6 Å². The van der Waals surface area contributed by atoms with E-state index in [0.29, 0.717) is 6.41 Å². The minimum absolute atomic E-state index is 0.675. The largest absolute Gasteiger partial charge is 0.329 e. The molecule has 0 aliphatic heterocycles. The number of nitrogens with one attached hydrogen (secondary N) is 2. The Morgan fingerprint density at radius 2 is 2.12 bits per heavy atom. The van der Waals surface area contributed by atoms with Crippen LogP contribution in [0, 0.1) is 6.92 Å². The summed E-state index contributed by atoms with van der Waals surface area (Å²) < 4.78 is 0. The Balaban J connectivity index is 0.000000325. The van der Waals surface area contributed by atoms with E-state index in [-0.39, 0.29) is 0 Å². The van der Waals surface area contributed by atoms with E-state index in [9.17, 15) is 4.79 Å². The molecule has 1 rings (SSSR count). The quantitative estimate of drug-likeness (QED) is 0.594. The second kappa shape index (κ2) is 10.2. The monoisotopic (exact) mass is 222 g/mol. The van der Waals surface area contributed by atoms with Gasteiger partial charge in [0.15, 0.2) is 0 Å². The molecule has 0 aromatic heterocycles. The van der Waals surface area contributed by atoms with E-state index in [1.165, 1.54) is 12.8 Å². The number of hydrogen-bond donors (Lipinski definition) is 2. The second-order valence-electron chi connectivity index (χ2n) is 3.59. The fraction of sp³-hybridized carbons (Fsp3) is 0.462. The first-order chi connectivity index (χ1) is 7.74. The number of amides is 1. The average molecular weight is 222 g/mol. The third-order valence-corrected chi connectivity index (χ3v) is 2.02. The summed E-state index contributed by atoms with van der Waals surface area (Å²) in [7, 11) is 1.98. The second-order valence-corrected chi connectivity index (χ2v) is 3.59. The van der Waals surface area contributed by atoms with Crippen molar-refractivity contribution in [2.24, 2.45) is 0 Å². The summed E-state index contributed by atoms with van der Waals surface area (Å²) >= 11 is 0. The van der Waals surface area contributed by atoms with Crippen LogP contribution in [0.4, 0.5) is 5.69 Å². The number of carbonyl (C=O) groups is 1. The minimum Gasteiger partial charge on any atom is -0.329 e. The molecular formula is C13H22N2O. The Morgan fingerprint density at radius 1 is 1.38 bits per heavy atom. The molecule has 0 saturated heterocycles. The van der Waals surface area contributed by atoms with Crippen LogP contribution in [0.1, 0.15) is 25.3 Å². The summed E-state index contributed by atoms with van der Waals surface area (Å²) in [5, 5.41) is 5.64. The van der Waals surface area contributed by atoms with Gasteiger partial charge in [0.05, 0.1) is 0 Å². The molecule has 0 bridgehead atoms. The van der Waals surface area contributed by atoms with E-state index in [4.69, 9.17) is 0 Å². The van der Waals surface area contributed by atoms with Gasteiger partial charge in [0, 0.05) is 5.69 Å². The van der Waals surface area contributed by atoms with Gasteiger partial charge in [-0.05, 0) is 44.6 Å². The smallest absolute Gasteiger partial charge is 0.211 e. The number of unbranched alkanes of at least 4 members (excludes halogenated alkanes) is 1. The lowest BCUT2D eigenvalue weighted by Crippen LogP contribution is -2.06. The summed E-state index contributed by atoms with van der Waals surface area (Å²) in [5.41, 5.74) is 1.99. The maximum absolute atomic E-state index is 9.97. The first kappa shape index (κ1) is 14.6. The predicted octanol–water partition coefficient (Wildman–Crippen LogP) is 2.57. The molecular weight excluding hydrogens is 200 g/mol. The van der Waals surface area contributed by atoms with E-state index >= 15 is 0 Å². The van der Waals surface area contributed by atoms with Crippen LogP contribution in [0.2, 0.25) is 0 Å². The fourth-order valence-corrected chi connectivity index (χ4v) is 1.16. The Kier molecular flexibility index (Phi) is 9.32. The molecule has 3 heteroatoms. The molecule has 0 atom stereocenters. The Labute approximate surface area is 98.3 Å². The van der Waals surface area contributed by atoms with Crippen molar-refractivity contribution in [2.75, 3.05) is 18.9 Å². The van der Waals surface area contributed by atoms with Gasteiger partial charge in [-0.1, -0.05) is 25.5 Å². The molecule has 0 spiro atoms. The van der Waals surface area contributed by atoms with Crippen LogP contribution in [0.3, 0.4) is 0 Å². The highest BCUT2D eigenvalue weighted by molar-refractivity contribution is 5.71. The number of benzene rings is 1. The molecule has 0 saturated carbocycles. The molecule has 0 fully saturated rings. The van der Waals surface area contributed by atoms with Gasteiger partial charge >= 0.3 is 0 Å². The lowest BCUT2D eigenvalue weighted by Gasteiger charge is -1.97. The van der Waals surface area contributed by atoms with E-state index in [0.717, 1.165) is 17.8 Å². The van der Waals surface area contributed by atoms with Crippen molar-refractivity contribution in [1.29, 1.82) is 0 Å². The van der Waals surface area contributed by atoms with Gasteiger partial charge in [0.2, 0.25) is 6.41 Å². The Morgan fingerprint density at radius 3 is 2.56 bits per heavy atom. The SMILES string of the molecule is CCCCNC.Cc1cccc(NC=O)c1. The van der Waals surface area contributed by atoms with Gasteiger partial charge in [-0.2, -0.15) is 0 Å². The number of anilines is 1. The maximum atomic E-state index is 9.97. The van der Waals surface area contributed by atoms with Gasteiger partial charge in [-0.25, -0.2) is 0 Å². The number of rotatable bonds is 5. The number of carbonyl (C=O) groups excluding carboxylic acids is 1. The van der Waals surface area contributed by atoms with Gasteiger partial charge in [-0.3, -0.25) is 4.79 Å². The normalized spacial score (nSPS) is 8.94. The van der Waals surface area contributed by atoms with Crippen LogP contribution in [0.25, 0.3) is 0 Å².